The first-order valence-corrected chi connectivity index (χ1v) is 9.50. The van der Waals surface area contributed by atoms with Gasteiger partial charge < -0.3 is 14.6 Å². The van der Waals surface area contributed by atoms with Crippen LogP contribution in [-0.4, -0.2) is 46.1 Å². The van der Waals surface area contributed by atoms with E-state index in [1.54, 1.807) is 12.4 Å². The van der Waals surface area contributed by atoms with Gasteiger partial charge >= 0.3 is 0 Å². The molecule has 0 spiro atoms. The van der Waals surface area contributed by atoms with Crippen LogP contribution in [0.3, 0.4) is 0 Å². The van der Waals surface area contributed by atoms with Crippen molar-refractivity contribution in [2.24, 2.45) is 0 Å². The number of rotatable bonds is 4. The Morgan fingerprint density at radius 3 is 2.64 bits per heavy atom. The van der Waals surface area contributed by atoms with Crippen molar-refractivity contribution in [3.05, 3.63) is 54.0 Å². The molecule has 0 bridgehead atoms. The number of hydrogen-bond acceptors (Lipinski definition) is 5. The molecule has 142 valence electrons. The fourth-order valence-electron chi connectivity index (χ4n) is 3.46. The summed E-state index contributed by atoms with van der Waals surface area (Å²) in [5, 5.41) is 9.16. The molecule has 1 aliphatic heterocycles. The maximum Gasteiger partial charge on any atom is 0.213 e. The predicted molar refractivity (Wildman–Crippen MR) is 108 cm³/mol. The van der Waals surface area contributed by atoms with Crippen LogP contribution in [0.15, 0.2) is 42.7 Å². The molecule has 0 radical (unpaired) electrons. The lowest BCUT2D eigenvalue weighted by atomic mass is 10.1. The molecule has 0 unspecified atom stereocenters. The van der Waals surface area contributed by atoms with Crippen molar-refractivity contribution in [3.63, 3.8) is 0 Å². The normalized spacial score (nSPS) is 15.3. The molecule has 0 aliphatic carbocycles. The summed E-state index contributed by atoms with van der Waals surface area (Å²) < 4.78 is 6.02. The van der Waals surface area contributed by atoms with E-state index in [1.807, 2.05) is 37.3 Å². The number of aryl methyl sites for hydroxylation is 1. The lowest BCUT2D eigenvalue weighted by molar-refractivity contribution is 0.110. The fourth-order valence-corrected chi connectivity index (χ4v) is 3.46. The molecule has 3 aromatic rings. The molecule has 0 amide bonds. The van der Waals surface area contributed by atoms with Gasteiger partial charge in [0.05, 0.1) is 11.3 Å². The Labute approximate surface area is 164 Å². The zero-order valence-corrected chi connectivity index (χ0v) is 16.1. The third-order valence-corrected chi connectivity index (χ3v) is 5.19. The number of pyridine rings is 2. The highest BCUT2D eigenvalue weighted by Gasteiger charge is 2.18. The Hall–Kier alpha value is -3.17. The smallest absolute Gasteiger partial charge is 0.213 e. The molecule has 0 aromatic carbocycles. The number of aromatic amines is 1. The average Bonchev–Trinajstić information content (AvgIpc) is 3.11. The molecular weight excluding hydrogens is 350 g/mol. The van der Waals surface area contributed by atoms with Gasteiger partial charge in [-0.2, -0.15) is 5.26 Å². The maximum atomic E-state index is 9.16. The molecule has 1 aliphatic rings. The highest BCUT2D eigenvalue weighted by molar-refractivity contribution is 5.69. The minimum absolute atomic E-state index is 0.237. The summed E-state index contributed by atoms with van der Waals surface area (Å²) in [4.78, 5) is 14.5. The average molecular weight is 373 g/mol. The molecule has 28 heavy (non-hydrogen) atoms. The molecule has 1 fully saturated rings. The molecule has 3 aromatic heterocycles. The van der Waals surface area contributed by atoms with Crippen LogP contribution in [0.4, 0.5) is 0 Å². The van der Waals surface area contributed by atoms with Crippen LogP contribution >= 0.6 is 0 Å². The lowest BCUT2D eigenvalue weighted by Gasteiger charge is -2.28. The van der Waals surface area contributed by atoms with E-state index in [-0.39, 0.29) is 6.10 Å². The Morgan fingerprint density at radius 2 is 1.96 bits per heavy atom. The third-order valence-electron chi connectivity index (χ3n) is 5.19. The second-order valence-electron chi connectivity index (χ2n) is 7.27. The van der Waals surface area contributed by atoms with E-state index in [4.69, 9.17) is 10.00 Å². The van der Waals surface area contributed by atoms with Crippen molar-refractivity contribution in [3.8, 4) is 34.5 Å². The Morgan fingerprint density at radius 1 is 1.14 bits per heavy atom. The quantitative estimate of drug-likeness (QED) is 0.753. The van der Waals surface area contributed by atoms with Crippen molar-refractivity contribution in [1.29, 1.82) is 5.26 Å². The van der Waals surface area contributed by atoms with Gasteiger partial charge in [0.2, 0.25) is 5.88 Å². The van der Waals surface area contributed by atoms with E-state index in [9.17, 15) is 0 Å². The summed E-state index contributed by atoms with van der Waals surface area (Å²) in [5.74, 6) is 0.660. The van der Waals surface area contributed by atoms with E-state index < -0.39 is 0 Å². The minimum Gasteiger partial charge on any atom is -0.474 e. The second kappa shape index (κ2) is 7.83. The molecule has 4 heterocycles. The summed E-state index contributed by atoms with van der Waals surface area (Å²) in [6, 6.07) is 11.9. The van der Waals surface area contributed by atoms with Gasteiger partial charge in [-0.05, 0) is 51.1 Å². The summed E-state index contributed by atoms with van der Waals surface area (Å²) >= 11 is 0. The van der Waals surface area contributed by atoms with Gasteiger partial charge in [-0.15, -0.1) is 0 Å². The summed E-state index contributed by atoms with van der Waals surface area (Å²) in [6.45, 7) is 4.02. The summed E-state index contributed by atoms with van der Waals surface area (Å²) in [6.07, 6.45) is 5.88. The molecule has 6 nitrogen and oxygen atoms in total. The fraction of sp³-hybridized carbons (Fsp3) is 0.318. The standard InChI is InChI=1S/C22H23N5O/c1-15-18(13-23)12-21(26-15)16-5-8-24-20(11-16)17-3-4-22(25-14-17)28-19-6-9-27(2)10-7-19/h3-5,8,11-12,14,19,26H,6-7,9-10H2,1-2H3. The third kappa shape index (κ3) is 3.90. The summed E-state index contributed by atoms with van der Waals surface area (Å²) in [7, 11) is 2.14. The van der Waals surface area contributed by atoms with Gasteiger partial charge in [0.15, 0.2) is 0 Å². The monoisotopic (exact) mass is 373 g/mol. The molecule has 6 heteroatoms. The Bertz CT molecular complexity index is 995. The van der Waals surface area contributed by atoms with Crippen LogP contribution < -0.4 is 4.74 Å². The van der Waals surface area contributed by atoms with Crippen molar-refractivity contribution in [1.82, 2.24) is 19.9 Å². The highest BCUT2D eigenvalue weighted by atomic mass is 16.5. The Kier molecular flexibility index (Phi) is 5.09. The first-order valence-electron chi connectivity index (χ1n) is 9.50. The number of piperidine rings is 1. The van der Waals surface area contributed by atoms with Crippen molar-refractivity contribution < 1.29 is 4.74 Å². The number of nitrogens with one attached hydrogen (secondary N) is 1. The van der Waals surface area contributed by atoms with E-state index in [0.717, 1.165) is 54.1 Å². The van der Waals surface area contributed by atoms with E-state index in [1.165, 1.54) is 0 Å². The topological polar surface area (TPSA) is 77.8 Å². The second-order valence-corrected chi connectivity index (χ2v) is 7.27. The van der Waals surface area contributed by atoms with Crippen LogP contribution in [0.25, 0.3) is 22.5 Å². The van der Waals surface area contributed by atoms with E-state index in [0.29, 0.717) is 11.4 Å². The summed E-state index contributed by atoms with van der Waals surface area (Å²) in [5.41, 5.74) is 5.19. The number of hydrogen-bond donors (Lipinski definition) is 1. The van der Waals surface area contributed by atoms with Crippen LogP contribution in [0, 0.1) is 18.3 Å². The SMILES string of the molecule is Cc1[nH]c(-c2ccnc(-c3ccc(OC4CCN(C)CC4)nc3)c2)cc1C#N. The number of H-pyrrole nitrogens is 1. The van der Waals surface area contributed by atoms with Gasteiger partial charge in [-0.25, -0.2) is 4.98 Å². The van der Waals surface area contributed by atoms with Gasteiger partial charge in [0, 0.05) is 54.1 Å². The van der Waals surface area contributed by atoms with E-state index in [2.05, 4.69) is 33.0 Å². The van der Waals surface area contributed by atoms with Crippen LogP contribution in [-0.2, 0) is 0 Å². The molecule has 0 saturated carbocycles. The minimum atomic E-state index is 0.237. The maximum absolute atomic E-state index is 9.16. The number of nitriles is 1. The number of aromatic nitrogens is 3. The zero-order valence-electron chi connectivity index (χ0n) is 16.1. The number of likely N-dealkylation sites (tertiary alicyclic amines) is 1. The van der Waals surface area contributed by atoms with Gasteiger partial charge in [-0.1, -0.05) is 0 Å². The largest absolute Gasteiger partial charge is 0.474 e. The number of ether oxygens (including phenoxy) is 1. The molecule has 0 atom stereocenters. The first kappa shape index (κ1) is 18.2. The van der Waals surface area contributed by atoms with Crippen molar-refractivity contribution in [2.75, 3.05) is 20.1 Å². The highest BCUT2D eigenvalue weighted by Crippen LogP contribution is 2.26. The van der Waals surface area contributed by atoms with Gasteiger partial charge in [0.25, 0.3) is 0 Å². The van der Waals surface area contributed by atoms with Crippen molar-refractivity contribution >= 4 is 0 Å². The first-order chi connectivity index (χ1) is 13.6. The number of nitrogens with zero attached hydrogens (tertiary/aromatic N) is 4. The van der Waals surface area contributed by atoms with Gasteiger partial charge in [0.1, 0.15) is 12.2 Å². The van der Waals surface area contributed by atoms with Crippen LogP contribution in [0.2, 0.25) is 0 Å². The molecule has 4 rings (SSSR count). The predicted octanol–water partition coefficient (Wildman–Crippen LogP) is 3.79. The molecular formula is C22H23N5O. The Balaban J connectivity index is 1.50. The van der Waals surface area contributed by atoms with Gasteiger partial charge in [-0.3, -0.25) is 4.98 Å². The van der Waals surface area contributed by atoms with Crippen LogP contribution in [0.1, 0.15) is 24.1 Å². The van der Waals surface area contributed by atoms with Crippen molar-refractivity contribution in [2.45, 2.75) is 25.9 Å². The lowest BCUT2D eigenvalue weighted by Crippen LogP contribution is -2.35. The molecule has 1 saturated heterocycles. The molecule has 1 N–H and O–H groups in total. The zero-order chi connectivity index (χ0) is 19.5. The van der Waals surface area contributed by atoms with Crippen LogP contribution in [0.5, 0.6) is 5.88 Å². The van der Waals surface area contributed by atoms with E-state index >= 15 is 0 Å².